The van der Waals surface area contributed by atoms with Crippen molar-refractivity contribution in [1.82, 2.24) is 4.90 Å². The van der Waals surface area contributed by atoms with Gasteiger partial charge in [-0.2, -0.15) is 0 Å². The van der Waals surface area contributed by atoms with Gasteiger partial charge in [-0.15, -0.1) is 0 Å². The number of aliphatic hydroxyl groups excluding tert-OH is 1. The smallest absolute Gasteiger partial charge is 0.411 e. The van der Waals surface area contributed by atoms with Crippen LogP contribution in [0.15, 0.2) is 30.3 Å². The van der Waals surface area contributed by atoms with E-state index in [-0.39, 0.29) is 19.6 Å². The Morgan fingerprint density at radius 1 is 1.40 bits per heavy atom. The Bertz CT molecular complexity index is 504. The number of nitrogens with zero attached hydrogens (tertiary/aromatic N) is 1. The molecule has 6 heteroatoms. The number of benzene rings is 1. The van der Waals surface area contributed by atoms with Crippen LogP contribution in [0.25, 0.3) is 0 Å². The Morgan fingerprint density at radius 3 is 2.65 bits per heavy atom. The molecule has 1 aromatic rings. The summed E-state index contributed by atoms with van der Waals surface area (Å²) in [5.41, 5.74) is -0.606. The van der Waals surface area contributed by atoms with Gasteiger partial charge in [0.05, 0.1) is 12.6 Å². The van der Waals surface area contributed by atoms with Gasteiger partial charge in [0.2, 0.25) is 0 Å². The standard InChI is InChI=1S/C14H17NO5/c1-14(12(17)18)7-11(16)8-15(14)13(19)20-9-10-5-3-2-4-6-10/h2-6,11,16H,7-9H2,1H3,(H,17,18)/t11?,14-/m0/s1. The maximum absolute atomic E-state index is 12.0. The molecule has 0 bridgehead atoms. The lowest BCUT2D eigenvalue weighted by Gasteiger charge is -2.29. The lowest BCUT2D eigenvalue weighted by Crippen LogP contribution is -2.50. The van der Waals surface area contributed by atoms with Crippen molar-refractivity contribution in [3.8, 4) is 0 Å². The first kappa shape index (κ1) is 14.3. The minimum absolute atomic E-state index is 0.00275. The number of hydrogen-bond donors (Lipinski definition) is 2. The molecule has 1 aliphatic heterocycles. The normalized spacial score (nSPS) is 25.5. The van der Waals surface area contributed by atoms with Crippen LogP contribution in [0, 0.1) is 0 Å². The highest BCUT2D eigenvalue weighted by Gasteiger charge is 2.50. The lowest BCUT2D eigenvalue weighted by molar-refractivity contribution is -0.147. The minimum Gasteiger partial charge on any atom is -0.480 e. The molecule has 0 saturated carbocycles. The molecule has 1 fully saturated rings. The molecule has 0 radical (unpaired) electrons. The van der Waals surface area contributed by atoms with E-state index in [0.29, 0.717) is 0 Å². The highest BCUT2D eigenvalue weighted by molar-refractivity contribution is 5.84. The van der Waals surface area contributed by atoms with Gasteiger partial charge in [-0.05, 0) is 12.5 Å². The van der Waals surface area contributed by atoms with E-state index in [2.05, 4.69) is 0 Å². The molecule has 1 unspecified atom stereocenters. The number of likely N-dealkylation sites (tertiary alicyclic amines) is 1. The fraction of sp³-hybridized carbons (Fsp3) is 0.429. The van der Waals surface area contributed by atoms with Crippen molar-refractivity contribution in [2.24, 2.45) is 0 Å². The second-order valence-electron chi connectivity index (χ2n) is 5.09. The van der Waals surface area contributed by atoms with Crippen LogP contribution in [0.2, 0.25) is 0 Å². The topological polar surface area (TPSA) is 87.1 Å². The largest absolute Gasteiger partial charge is 0.480 e. The Balaban J connectivity index is 2.03. The van der Waals surface area contributed by atoms with E-state index in [4.69, 9.17) is 4.74 Å². The van der Waals surface area contributed by atoms with Crippen molar-refractivity contribution >= 4 is 12.1 Å². The minimum atomic E-state index is -1.42. The molecule has 2 rings (SSSR count). The molecule has 1 aliphatic rings. The fourth-order valence-corrected chi connectivity index (χ4v) is 2.32. The summed E-state index contributed by atoms with van der Waals surface area (Å²) in [5.74, 6) is -1.15. The molecule has 1 heterocycles. The molecule has 20 heavy (non-hydrogen) atoms. The van der Waals surface area contributed by atoms with Crippen molar-refractivity contribution < 1.29 is 24.5 Å². The van der Waals surface area contributed by atoms with Gasteiger partial charge in [0.25, 0.3) is 0 Å². The van der Waals surface area contributed by atoms with E-state index in [0.717, 1.165) is 10.5 Å². The van der Waals surface area contributed by atoms with E-state index >= 15 is 0 Å². The fourth-order valence-electron chi connectivity index (χ4n) is 2.32. The molecule has 108 valence electrons. The van der Waals surface area contributed by atoms with Crippen LogP contribution in [0.3, 0.4) is 0 Å². The zero-order chi connectivity index (χ0) is 14.8. The third kappa shape index (κ3) is 2.75. The van der Waals surface area contributed by atoms with Crippen LogP contribution in [0.4, 0.5) is 4.79 Å². The first-order valence-electron chi connectivity index (χ1n) is 6.33. The summed E-state index contributed by atoms with van der Waals surface area (Å²) in [7, 11) is 0. The summed E-state index contributed by atoms with van der Waals surface area (Å²) in [5, 5.41) is 18.8. The zero-order valence-electron chi connectivity index (χ0n) is 11.2. The predicted octanol–water partition coefficient (Wildman–Crippen LogP) is 1.23. The van der Waals surface area contributed by atoms with Gasteiger partial charge in [0.1, 0.15) is 12.1 Å². The number of carboxylic acid groups (broad SMARTS) is 1. The second kappa shape index (κ2) is 5.50. The lowest BCUT2D eigenvalue weighted by atomic mass is 9.99. The van der Waals surface area contributed by atoms with Gasteiger partial charge >= 0.3 is 12.1 Å². The number of β-amino-alcohol motifs (C(OH)–C–C–N with tert-alkyl or cyclic N) is 1. The average molecular weight is 279 g/mol. The van der Waals surface area contributed by atoms with Gasteiger partial charge in [-0.1, -0.05) is 30.3 Å². The van der Waals surface area contributed by atoms with E-state index in [9.17, 15) is 19.8 Å². The number of rotatable bonds is 3. The average Bonchev–Trinajstić information content (AvgIpc) is 2.74. The Kier molecular flexibility index (Phi) is 3.94. The molecular formula is C14H17NO5. The molecule has 0 aliphatic carbocycles. The Hall–Kier alpha value is -2.08. The van der Waals surface area contributed by atoms with Crippen LogP contribution in [-0.2, 0) is 16.1 Å². The van der Waals surface area contributed by atoms with Crippen molar-refractivity contribution in [3.63, 3.8) is 0 Å². The van der Waals surface area contributed by atoms with Gasteiger partial charge in [-0.25, -0.2) is 9.59 Å². The molecular weight excluding hydrogens is 262 g/mol. The molecule has 2 N–H and O–H groups in total. The van der Waals surface area contributed by atoms with Crippen LogP contribution in [-0.4, -0.2) is 45.4 Å². The van der Waals surface area contributed by atoms with Crippen LogP contribution in [0.5, 0.6) is 0 Å². The van der Waals surface area contributed by atoms with E-state index in [1.54, 1.807) is 0 Å². The summed E-state index contributed by atoms with van der Waals surface area (Å²) in [6.07, 6.45) is -1.57. The van der Waals surface area contributed by atoms with Crippen molar-refractivity contribution in [2.45, 2.75) is 31.6 Å². The number of carbonyl (C=O) groups is 2. The highest BCUT2D eigenvalue weighted by Crippen LogP contribution is 2.30. The van der Waals surface area contributed by atoms with Gasteiger partial charge < -0.3 is 14.9 Å². The molecule has 1 amide bonds. The number of amides is 1. The molecule has 1 saturated heterocycles. The molecule has 0 aromatic heterocycles. The highest BCUT2D eigenvalue weighted by atomic mass is 16.6. The van der Waals surface area contributed by atoms with Crippen molar-refractivity contribution in [2.75, 3.05) is 6.54 Å². The Morgan fingerprint density at radius 2 is 2.05 bits per heavy atom. The summed E-state index contributed by atoms with van der Waals surface area (Å²) >= 11 is 0. The van der Waals surface area contributed by atoms with Crippen LogP contribution in [0.1, 0.15) is 18.9 Å². The van der Waals surface area contributed by atoms with Crippen molar-refractivity contribution in [3.05, 3.63) is 35.9 Å². The third-order valence-corrected chi connectivity index (χ3v) is 3.51. The summed E-state index contributed by atoms with van der Waals surface area (Å²) in [6, 6.07) is 9.11. The number of aliphatic hydroxyl groups is 1. The SMILES string of the molecule is C[C@@]1(C(=O)O)CC(O)CN1C(=O)OCc1ccccc1. The van der Waals surface area contributed by atoms with Crippen LogP contribution < -0.4 is 0 Å². The summed E-state index contributed by atoms with van der Waals surface area (Å²) in [6.45, 7) is 1.45. The molecule has 1 aromatic carbocycles. The van der Waals surface area contributed by atoms with Gasteiger partial charge in [0, 0.05) is 6.42 Å². The van der Waals surface area contributed by atoms with Gasteiger partial charge in [-0.3, -0.25) is 4.90 Å². The zero-order valence-corrected chi connectivity index (χ0v) is 11.2. The first-order chi connectivity index (χ1) is 9.43. The van der Waals surface area contributed by atoms with Crippen LogP contribution >= 0.6 is 0 Å². The second-order valence-corrected chi connectivity index (χ2v) is 5.09. The molecule has 6 nitrogen and oxygen atoms in total. The Labute approximate surface area is 116 Å². The maximum atomic E-state index is 12.0. The third-order valence-electron chi connectivity index (χ3n) is 3.51. The van der Waals surface area contributed by atoms with E-state index < -0.39 is 23.7 Å². The number of carboxylic acids is 1. The van der Waals surface area contributed by atoms with Crippen molar-refractivity contribution in [1.29, 1.82) is 0 Å². The maximum Gasteiger partial charge on any atom is 0.411 e. The van der Waals surface area contributed by atoms with Gasteiger partial charge in [0.15, 0.2) is 0 Å². The van der Waals surface area contributed by atoms with E-state index in [1.165, 1.54) is 6.92 Å². The summed E-state index contributed by atoms with van der Waals surface area (Å²) < 4.78 is 5.12. The number of ether oxygens (including phenoxy) is 1. The van der Waals surface area contributed by atoms with E-state index in [1.807, 2.05) is 30.3 Å². The first-order valence-corrected chi connectivity index (χ1v) is 6.33. The summed E-state index contributed by atoms with van der Waals surface area (Å²) in [4.78, 5) is 24.4. The molecule has 2 atom stereocenters. The molecule has 0 spiro atoms. The number of hydrogen-bond acceptors (Lipinski definition) is 4. The number of aliphatic carboxylic acids is 1. The predicted molar refractivity (Wildman–Crippen MR) is 70.0 cm³/mol. The quantitative estimate of drug-likeness (QED) is 0.869. The monoisotopic (exact) mass is 279 g/mol. The number of carbonyl (C=O) groups excluding carboxylic acids is 1.